The lowest BCUT2D eigenvalue weighted by Gasteiger charge is -2.18. The fraction of sp³-hybridized carbons (Fsp3) is 0.278. The van der Waals surface area contributed by atoms with Gasteiger partial charge in [0.2, 0.25) is 5.88 Å². The van der Waals surface area contributed by atoms with Gasteiger partial charge >= 0.3 is 0 Å². The molecule has 0 bridgehead atoms. The van der Waals surface area contributed by atoms with Crippen molar-refractivity contribution < 1.29 is 13.9 Å². The van der Waals surface area contributed by atoms with Crippen LogP contribution in [-0.2, 0) is 4.79 Å². The number of thiophene rings is 1. The highest BCUT2D eigenvalue weighted by molar-refractivity contribution is 7.17. The van der Waals surface area contributed by atoms with Crippen LogP contribution in [0.4, 0.5) is 4.39 Å². The highest BCUT2D eigenvalue weighted by Crippen LogP contribution is 2.37. The molecule has 5 nitrogen and oxygen atoms in total. The lowest BCUT2D eigenvalue weighted by atomic mass is 10.1. The molecule has 3 rings (SSSR count). The van der Waals surface area contributed by atoms with Gasteiger partial charge in [0.1, 0.15) is 17.0 Å². The number of carbonyl (C=O) groups excluding carboxylic acids is 1. The van der Waals surface area contributed by atoms with Crippen molar-refractivity contribution in [2.45, 2.75) is 13.8 Å². The minimum atomic E-state index is -0.291. The first kappa shape index (κ1) is 17.3. The molecule has 130 valence electrons. The van der Waals surface area contributed by atoms with Gasteiger partial charge in [-0.2, -0.15) is 0 Å². The van der Waals surface area contributed by atoms with E-state index in [2.05, 4.69) is 9.97 Å². The Kier molecular flexibility index (Phi) is 5.23. The third kappa shape index (κ3) is 3.61. The molecule has 7 heteroatoms. The zero-order valence-electron chi connectivity index (χ0n) is 14.0. The number of benzene rings is 1. The van der Waals surface area contributed by atoms with Crippen LogP contribution in [0.5, 0.6) is 5.88 Å². The lowest BCUT2D eigenvalue weighted by Crippen LogP contribution is -2.34. The average Bonchev–Trinajstić information content (AvgIpc) is 3.06. The van der Waals surface area contributed by atoms with E-state index < -0.39 is 0 Å². The van der Waals surface area contributed by atoms with E-state index in [4.69, 9.17) is 4.74 Å². The third-order valence-corrected chi connectivity index (χ3v) is 4.83. The topological polar surface area (TPSA) is 55.3 Å². The van der Waals surface area contributed by atoms with E-state index in [0.717, 1.165) is 21.3 Å². The molecule has 0 unspecified atom stereocenters. The fourth-order valence-corrected chi connectivity index (χ4v) is 3.50. The normalized spacial score (nSPS) is 10.8. The predicted octanol–water partition coefficient (Wildman–Crippen LogP) is 3.74. The number of hydrogen-bond donors (Lipinski definition) is 0. The Balaban J connectivity index is 1.92. The minimum Gasteiger partial charge on any atom is -0.467 e. The Hall–Kier alpha value is -2.54. The van der Waals surface area contributed by atoms with Gasteiger partial charge < -0.3 is 9.64 Å². The van der Waals surface area contributed by atoms with E-state index in [1.54, 1.807) is 17.0 Å². The molecule has 1 aromatic carbocycles. The largest absolute Gasteiger partial charge is 0.467 e. The molecule has 3 aromatic rings. The Morgan fingerprint density at radius 1 is 1.20 bits per heavy atom. The van der Waals surface area contributed by atoms with Crippen molar-refractivity contribution in [3.05, 3.63) is 41.8 Å². The van der Waals surface area contributed by atoms with E-state index >= 15 is 0 Å². The second kappa shape index (κ2) is 7.57. The summed E-state index contributed by atoms with van der Waals surface area (Å²) in [5.74, 6) is -0.0118. The van der Waals surface area contributed by atoms with Gasteiger partial charge in [0.05, 0.1) is 5.39 Å². The van der Waals surface area contributed by atoms with Crippen LogP contribution < -0.4 is 4.74 Å². The molecule has 0 aliphatic rings. The van der Waals surface area contributed by atoms with E-state index in [9.17, 15) is 9.18 Å². The lowest BCUT2D eigenvalue weighted by molar-refractivity contribution is -0.133. The van der Waals surface area contributed by atoms with Gasteiger partial charge in [-0.25, -0.2) is 14.4 Å². The smallest absolute Gasteiger partial charge is 0.260 e. The monoisotopic (exact) mass is 359 g/mol. The number of ether oxygens (including phenoxy) is 1. The maximum atomic E-state index is 13.2. The molecule has 0 fully saturated rings. The predicted molar refractivity (Wildman–Crippen MR) is 96.2 cm³/mol. The summed E-state index contributed by atoms with van der Waals surface area (Å²) < 4.78 is 18.9. The quantitative estimate of drug-likeness (QED) is 0.673. The summed E-state index contributed by atoms with van der Waals surface area (Å²) in [6.07, 6.45) is 1.42. The van der Waals surface area contributed by atoms with Gasteiger partial charge in [0, 0.05) is 24.0 Å². The molecule has 0 radical (unpaired) electrons. The van der Waals surface area contributed by atoms with Crippen molar-refractivity contribution in [2.75, 3.05) is 19.7 Å². The third-order valence-electron chi connectivity index (χ3n) is 3.94. The van der Waals surface area contributed by atoms with Crippen LogP contribution in [0.15, 0.2) is 36.0 Å². The average molecular weight is 359 g/mol. The first-order valence-electron chi connectivity index (χ1n) is 8.02. The fourth-order valence-electron chi connectivity index (χ4n) is 2.60. The zero-order valence-corrected chi connectivity index (χ0v) is 14.8. The molecule has 0 spiro atoms. The highest BCUT2D eigenvalue weighted by atomic mass is 32.1. The molecular weight excluding hydrogens is 341 g/mol. The second-order valence-electron chi connectivity index (χ2n) is 5.37. The molecule has 0 aliphatic heterocycles. The van der Waals surface area contributed by atoms with Gasteiger partial charge in [-0.1, -0.05) is 12.1 Å². The summed E-state index contributed by atoms with van der Waals surface area (Å²) in [6.45, 7) is 5.05. The van der Waals surface area contributed by atoms with Gasteiger partial charge in [0.15, 0.2) is 6.61 Å². The summed E-state index contributed by atoms with van der Waals surface area (Å²) in [5, 5.41) is 2.68. The van der Waals surface area contributed by atoms with E-state index in [1.807, 2.05) is 19.2 Å². The molecule has 0 saturated heterocycles. The number of hydrogen-bond acceptors (Lipinski definition) is 5. The van der Waals surface area contributed by atoms with Gasteiger partial charge in [-0.15, -0.1) is 11.3 Å². The van der Waals surface area contributed by atoms with Crippen molar-refractivity contribution in [1.82, 2.24) is 14.9 Å². The van der Waals surface area contributed by atoms with Crippen LogP contribution in [0.3, 0.4) is 0 Å². The van der Waals surface area contributed by atoms with Crippen molar-refractivity contribution in [2.24, 2.45) is 0 Å². The Morgan fingerprint density at radius 3 is 2.60 bits per heavy atom. The van der Waals surface area contributed by atoms with E-state index in [0.29, 0.717) is 19.0 Å². The van der Waals surface area contributed by atoms with Crippen LogP contribution in [0.1, 0.15) is 13.8 Å². The summed E-state index contributed by atoms with van der Waals surface area (Å²) in [6, 6.07) is 6.23. The molecule has 2 heterocycles. The molecule has 0 N–H and O–H groups in total. The Labute approximate surface area is 149 Å². The van der Waals surface area contributed by atoms with Crippen molar-refractivity contribution in [3.8, 4) is 17.0 Å². The standard InChI is InChI=1S/C18H18FN3O2S/c1-3-22(4-2)15(23)9-24-17-16-14(10-25-18(16)21-11-20-17)12-5-7-13(19)8-6-12/h5-8,10-11H,3-4,9H2,1-2H3. The van der Waals surface area contributed by atoms with E-state index in [-0.39, 0.29) is 18.3 Å². The van der Waals surface area contributed by atoms with Gasteiger partial charge in [0.25, 0.3) is 5.91 Å². The minimum absolute atomic E-state index is 0.0769. The molecule has 0 saturated carbocycles. The van der Waals surface area contributed by atoms with Crippen LogP contribution >= 0.6 is 11.3 Å². The zero-order chi connectivity index (χ0) is 17.8. The summed E-state index contributed by atoms with van der Waals surface area (Å²) in [7, 11) is 0. The Bertz CT molecular complexity index is 876. The summed E-state index contributed by atoms with van der Waals surface area (Å²) in [5.41, 5.74) is 1.72. The number of amides is 1. The molecule has 0 atom stereocenters. The first-order chi connectivity index (χ1) is 12.1. The number of fused-ring (bicyclic) bond motifs is 1. The van der Waals surface area contributed by atoms with Gasteiger partial charge in [-0.05, 0) is 31.5 Å². The molecule has 0 aliphatic carbocycles. The number of likely N-dealkylation sites (N-methyl/N-ethyl adjacent to an activating group) is 1. The number of rotatable bonds is 6. The van der Waals surface area contributed by atoms with Crippen molar-refractivity contribution in [3.63, 3.8) is 0 Å². The number of aromatic nitrogens is 2. The maximum absolute atomic E-state index is 13.2. The first-order valence-corrected chi connectivity index (χ1v) is 8.90. The van der Waals surface area contributed by atoms with Crippen molar-refractivity contribution in [1.29, 1.82) is 0 Å². The molecule has 1 amide bonds. The van der Waals surface area contributed by atoms with Crippen molar-refractivity contribution >= 4 is 27.5 Å². The van der Waals surface area contributed by atoms with E-state index in [1.165, 1.54) is 29.8 Å². The Morgan fingerprint density at radius 2 is 1.92 bits per heavy atom. The summed E-state index contributed by atoms with van der Waals surface area (Å²) >= 11 is 1.46. The number of carbonyl (C=O) groups is 1. The summed E-state index contributed by atoms with van der Waals surface area (Å²) in [4.78, 5) is 23.1. The van der Waals surface area contributed by atoms with Crippen LogP contribution in [0.2, 0.25) is 0 Å². The highest BCUT2D eigenvalue weighted by Gasteiger charge is 2.16. The van der Waals surface area contributed by atoms with Crippen LogP contribution in [0.25, 0.3) is 21.3 Å². The van der Waals surface area contributed by atoms with Crippen LogP contribution in [0, 0.1) is 5.82 Å². The van der Waals surface area contributed by atoms with Gasteiger partial charge in [-0.3, -0.25) is 4.79 Å². The molecular formula is C18H18FN3O2S. The van der Waals surface area contributed by atoms with Crippen LogP contribution in [-0.4, -0.2) is 40.5 Å². The molecule has 2 aromatic heterocycles. The number of halogens is 1. The second-order valence-corrected chi connectivity index (χ2v) is 6.23. The number of nitrogens with zero attached hydrogens (tertiary/aromatic N) is 3. The SMILES string of the molecule is CCN(CC)C(=O)COc1ncnc2scc(-c3ccc(F)cc3)c12. The maximum Gasteiger partial charge on any atom is 0.260 e. The molecule has 25 heavy (non-hydrogen) atoms.